The van der Waals surface area contributed by atoms with Crippen LogP contribution in [0.3, 0.4) is 0 Å². The molecule has 1 atom stereocenters. The maximum absolute atomic E-state index is 10.7. The number of benzene rings is 1. The first-order valence-corrected chi connectivity index (χ1v) is 9.19. The van der Waals surface area contributed by atoms with Crippen molar-refractivity contribution in [3.63, 3.8) is 0 Å². The molecule has 8 heteroatoms. The Morgan fingerprint density at radius 2 is 1.78 bits per heavy atom. The molecule has 0 amide bonds. The summed E-state index contributed by atoms with van der Waals surface area (Å²) in [6, 6.07) is 7.32. The zero-order chi connectivity index (χ0) is 20.1. The highest BCUT2D eigenvalue weighted by molar-refractivity contribution is 5.26. The van der Waals surface area contributed by atoms with Crippen LogP contribution in [-0.4, -0.2) is 61.5 Å². The molecule has 0 heterocycles. The molecule has 0 bridgehead atoms. The highest BCUT2D eigenvalue weighted by Gasteiger charge is 2.14. The fraction of sp³-hybridized carbons (Fsp3) is 0.684. The van der Waals surface area contributed by atoms with E-state index in [4.69, 9.17) is 18.9 Å². The van der Waals surface area contributed by atoms with Crippen molar-refractivity contribution in [3.05, 3.63) is 34.7 Å². The smallest absolute Gasteiger partial charge is 0.147 e. The molecule has 8 nitrogen and oxygen atoms in total. The molecule has 0 saturated carbocycles. The zero-order valence-corrected chi connectivity index (χ0v) is 16.7. The molecular formula is C19H32N2O6. The summed E-state index contributed by atoms with van der Waals surface area (Å²) in [6.07, 6.45) is -0.600. The molecule has 27 heavy (non-hydrogen) atoms. The van der Waals surface area contributed by atoms with Crippen LogP contribution in [-0.2, 0) is 20.8 Å². The van der Waals surface area contributed by atoms with Gasteiger partial charge in [0.1, 0.15) is 25.3 Å². The lowest BCUT2D eigenvalue weighted by Crippen LogP contribution is -2.36. The van der Waals surface area contributed by atoms with Crippen LogP contribution in [0.15, 0.2) is 29.6 Å². The topological polar surface area (TPSA) is 89.8 Å². The maximum atomic E-state index is 10.7. The number of rotatable bonds is 15. The van der Waals surface area contributed by atoms with Crippen LogP contribution in [0, 0.1) is 4.91 Å². The number of nitrogens with zero attached hydrogens (tertiary/aromatic N) is 2. The summed E-state index contributed by atoms with van der Waals surface area (Å²) in [5.41, 5.74) is 0.987. The number of hydrogen-bond acceptors (Lipinski definition) is 7. The number of aliphatic hydroxyl groups excluding tert-OH is 1. The van der Waals surface area contributed by atoms with E-state index in [1.807, 2.05) is 39.8 Å². The molecule has 1 aromatic carbocycles. The molecule has 0 aromatic heterocycles. The Hall–Kier alpha value is -1.74. The van der Waals surface area contributed by atoms with E-state index in [9.17, 15) is 10.0 Å². The fourth-order valence-corrected chi connectivity index (χ4v) is 2.10. The van der Waals surface area contributed by atoms with E-state index in [2.05, 4.69) is 5.29 Å². The Labute approximate surface area is 161 Å². The van der Waals surface area contributed by atoms with Gasteiger partial charge in [-0.05, 0) is 45.4 Å². The van der Waals surface area contributed by atoms with Gasteiger partial charge in [0.15, 0.2) is 0 Å². The second-order valence-electron chi connectivity index (χ2n) is 6.70. The molecule has 0 radical (unpaired) electrons. The van der Waals surface area contributed by atoms with Crippen molar-refractivity contribution in [2.75, 3.05) is 33.2 Å². The van der Waals surface area contributed by atoms with Crippen LogP contribution in [0.4, 0.5) is 0 Å². The number of aliphatic hydroxyl groups is 1. The first-order valence-electron chi connectivity index (χ1n) is 9.19. The average Bonchev–Trinajstić information content (AvgIpc) is 2.64. The van der Waals surface area contributed by atoms with Gasteiger partial charge in [-0.1, -0.05) is 12.1 Å². The summed E-state index contributed by atoms with van der Waals surface area (Å²) in [7, 11) is 0. The third-order valence-electron chi connectivity index (χ3n) is 3.58. The van der Waals surface area contributed by atoms with Crippen LogP contribution in [0.1, 0.15) is 33.3 Å². The van der Waals surface area contributed by atoms with Crippen LogP contribution >= 0.6 is 0 Å². The van der Waals surface area contributed by atoms with Crippen LogP contribution in [0.5, 0.6) is 5.75 Å². The van der Waals surface area contributed by atoms with Crippen molar-refractivity contribution >= 4 is 0 Å². The van der Waals surface area contributed by atoms with Gasteiger partial charge in [-0.3, -0.25) is 5.01 Å². The predicted molar refractivity (Wildman–Crippen MR) is 102 cm³/mol. The predicted octanol–water partition coefficient (Wildman–Crippen LogP) is 2.73. The van der Waals surface area contributed by atoms with E-state index < -0.39 is 6.10 Å². The summed E-state index contributed by atoms with van der Waals surface area (Å²) in [5.74, 6) is 0.634. The molecule has 0 aliphatic rings. The van der Waals surface area contributed by atoms with E-state index in [1.54, 1.807) is 12.1 Å². The second-order valence-corrected chi connectivity index (χ2v) is 6.70. The molecule has 0 fully saturated rings. The van der Waals surface area contributed by atoms with Gasteiger partial charge < -0.3 is 24.1 Å². The van der Waals surface area contributed by atoms with Crippen molar-refractivity contribution in [2.45, 2.75) is 52.6 Å². The number of hydrogen-bond donors (Lipinski definition) is 1. The monoisotopic (exact) mass is 384 g/mol. The summed E-state index contributed by atoms with van der Waals surface area (Å²) in [4.78, 5) is 10.7. The van der Waals surface area contributed by atoms with Crippen molar-refractivity contribution in [3.8, 4) is 5.75 Å². The average molecular weight is 384 g/mol. The quantitative estimate of drug-likeness (QED) is 0.215. The normalized spacial score (nSPS) is 12.4. The summed E-state index contributed by atoms with van der Waals surface area (Å²) < 4.78 is 21.7. The van der Waals surface area contributed by atoms with Crippen LogP contribution < -0.4 is 4.74 Å². The summed E-state index contributed by atoms with van der Waals surface area (Å²) >= 11 is 0. The van der Waals surface area contributed by atoms with Gasteiger partial charge in [0.25, 0.3) is 0 Å². The van der Waals surface area contributed by atoms with E-state index >= 15 is 0 Å². The van der Waals surface area contributed by atoms with Crippen molar-refractivity contribution in [1.82, 2.24) is 5.01 Å². The second kappa shape index (κ2) is 13.4. The zero-order valence-electron chi connectivity index (χ0n) is 16.7. The number of ether oxygens (including phenoxy) is 4. The molecule has 1 N–H and O–H groups in total. The Kier molecular flexibility index (Phi) is 11.6. The standard InChI is InChI=1S/C19H32N2O6/c1-15(2)21(20-23)11-18(22)13-27-19-7-5-17(6-8-19)12-25-14-24-9-10-26-16(3)4/h5-8,15-16,18,22H,9-14H2,1-4H3. The van der Waals surface area contributed by atoms with Gasteiger partial charge >= 0.3 is 0 Å². The molecular weight excluding hydrogens is 352 g/mol. The van der Waals surface area contributed by atoms with E-state index in [1.165, 1.54) is 5.01 Å². The maximum Gasteiger partial charge on any atom is 0.147 e. The van der Waals surface area contributed by atoms with E-state index in [0.29, 0.717) is 25.6 Å². The van der Waals surface area contributed by atoms with Crippen molar-refractivity contribution in [1.29, 1.82) is 0 Å². The first kappa shape index (κ1) is 23.3. The first-order chi connectivity index (χ1) is 12.9. The minimum Gasteiger partial charge on any atom is -0.491 e. The lowest BCUT2D eigenvalue weighted by atomic mass is 10.2. The molecule has 0 spiro atoms. The summed E-state index contributed by atoms with van der Waals surface area (Å²) in [5, 5.41) is 14.1. The molecule has 154 valence electrons. The van der Waals surface area contributed by atoms with Gasteiger partial charge in [0.2, 0.25) is 0 Å². The van der Waals surface area contributed by atoms with Crippen LogP contribution in [0.2, 0.25) is 0 Å². The fourth-order valence-electron chi connectivity index (χ4n) is 2.10. The Morgan fingerprint density at radius 3 is 2.37 bits per heavy atom. The van der Waals surface area contributed by atoms with Gasteiger partial charge in [-0.25, -0.2) is 0 Å². The van der Waals surface area contributed by atoms with Crippen molar-refractivity contribution < 1.29 is 24.1 Å². The van der Waals surface area contributed by atoms with Crippen LogP contribution in [0.25, 0.3) is 0 Å². The minimum absolute atomic E-state index is 0.0665. The SMILES string of the molecule is CC(C)OCCOCOCc1ccc(OCC(O)CN(N=O)C(C)C)cc1. The lowest BCUT2D eigenvalue weighted by Gasteiger charge is -2.22. The van der Waals surface area contributed by atoms with E-state index in [0.717, 1.165) is 5.56 Å². The van der Waals surface area contributed by atoms with Gasteiger partial charge in [-0.2, -0.15) is 0 Å². The third-order valence-corrected chi connectivity index (χ3v) is 3.58. The largest absolute Gasteiger partial charge is 0.491 e. The van der Waals surface area contributed by atoms with Gasteiger partial charge in [0.05, 0.1) is 37.8 Å². The molecule has 1 aromatic rings. The Bertz CT molecular complexity index is 509. The number of nitroso groups, excluding NO2 is 1. The minimum atomic E-state index is -0.801. The Morgan fingerprint density at radius 1 is 1.07 bits per heavy atom. The highest BCUT2D eigenvalue weighted by atomic mass is 16.7. The summed E-state index contributed by atoms with van der Waals surface area (Å²) in [6.45, 7) is 9.54. The Balaban J connectivity index is 2.21. The van der Waals surface area contributed by atoms with Crippen molar-refractivity contribution in [2.24, 2.45) is 5.29 Å². The molecule has 0 aliphatic carbocycles. The third kappa shape index (κ3) is 10.9. The van der Waals surface area contributed by atoms with Gasteiger partial charge in [0, 0.05) is 6.04 Å². The molecule has 1 unspecified atom stereocenters. The molecule has 1 rings (SSSR count). The van der Waals surface area contributed by atoms with E-state index in [-0.39, 0.29) is 32.1 Å². The van der Waals surface area contributed by atoms with Gasteiger partial charge in [-0.15, -0.1) is 4.91 Å². The molecule has 0 saturated heterocycles. The lowest BCUT2D eigenvalue weighted by molar-refractivity contribution is -0.0806. The molecule has 0 aliphatic heterocycles. The highest BCUT2D eigenvalue weighted by Crippen LogP contribution is 2.13.